The molecular weight excluding hydrogens is 490 g/mol. The third kappa shape index (κ3) is 4.83. The van der Waals surface area contributed by atoms with Gasteiger partial charge in [-0.05, 0) is 46.7 Å². The number of methoxy groups -OCH3 is 1. The fourth-order valence-electron chi connectivity index (χ4n) is 5.31. The number of aryl methyl sites for hydroxylation is 1. The van der Waals surface area contributed by atoms with E-state index in [2.05, 4.69) is 75.9 Å². The molecular formula is C30H31N7O2. The van der Waals surface area contributed by atoms with E-state index < -0.39 is 0 Å². The first-order chi connectivity index (χ1) is 19.1. The number of carbonyl (C=O) groups is 1. The number of piperazine rings is 1. The van der Waals surface area contributed by atoms with Crippen molar-refractivity contribution in [2.75, 3.05) is 49.6 Å². The topological polar surface area (TPSA) is 79.6 Å². The first kappa shape index (κ1) is 24.7. The molecule has 2 aliphatic heterocycles. The van der Waals surface area contributed by atoms with E-state index in [0.29, 0.717) is 19.0 Å². The molecule has 0 spiro atoms. The molecule has 1 amide bonds. The van der Waals surface area contributed by atoms with E-state index in [1.807, 2.05) is 46.2 Å². The summed E-state index contributed by atoms with van der Waals surface area (Å²) in [5, 5.41) is 12.7. The SMILES string of the molecule is COc1ccccc1N1CCN(C(=O)CN2C(c3ccc(C)cc3)=C[C@H](c3ccccc3)n3nnnc32)CC1. The maximum Gasteiger partial charge on any atom is 0.251 e. The van der Waals surface area contributed by atoms with Gasteiger partial charge in [0.05, 0.1) is 18.5 Å². The predicted molar refractivity (Wildman–Crippen MR) is 151 cm³/mol. The number of nitrogens with zero attached hydrogens (tertiary/aromatic N) is 7. The van der Waals surface area contributed by atoms with Gasteiger partial charge in [0.25, 0.3) is 5.95 Å². The number of para-hydroxylation sites is 2. The first-order valence-electron chi connectivity index (χ1n) is 13.2. The largest absolute Gasteiger partial charge is 0.495 e. The molecule has 198 valence electrons. The summed E-state index contributed by atoms with van der Waals surface area (Å²) in [6, 6.07) is 26.3. The molecule has 1 atom stereocenters. The summed E-state index contributed by atoms with van der Waals surface area (Å²) in [4.78, 5) is 19.8. The monoisotopic (exact) mass is 521 g/mol. The molecule has 1 aromatic heterocycles. The Bertz CT molecular complexity index is 1470. The minimum absolute atomic E-state index is 0.0420. The highest BCUT2D eigenvalue weighted by Crippen LogP contribution is 2.36. The number of allylic oxidation sites excluding steroid dienone is 1. The maximum atomic E-state index is 13.7. The quantitative estimate of drug-likeness (QED) is 0.382. The van der Waals surface area contributed by atoms with Gasteiger partial charge in [-0.2, -0.15) is 4.68 Å². The fraction of sp³-hybridized carbons (Fsp3) is 0.267. The van der Waals surface area contributed by atoms with Crippen LogP contribution in [0.5, 0.6) is 5.75 Å². The Morgan fingerprint density at radius 3 is 2.38 bits per heavy atom. The van der Waals surface area contributed by atoms with Gasteiger partial charge in [0.2, 0.25) is 5.91 Å². The zero-order valence-corrected chi connectivity index (χ0v) is 22.1. The molecule has 2 aliphatic rings. The van der Waals surface area contributed by atoms with Crippen LogP contribution in [-0.4, -0.2) is 70.8 Å². The van der Waals surface area contributed by atoms with Gasteiger partial charge < -0.3 is 14.5 Å². The second-order valence-corrected chi connectivity index (χ2v) is 9.82. The van der Waals surface area contributed by atoms with Crippen LogP contribution in [0.4, 0.5) is 11.6 Å². The summed E-state index contributed by atoms with van der Waals surface area (Å²) in [7, 11) is 1.69. The highest BCUT2D eigenvalue weighted by Gasteiger charge is 2.33. The highest BCUT2D eigenvalue weighted by molar-refractivity contribution is 5.89. The van der Waals surface area contributed by atoms with Gasteiger partial charge in [0.1, 0.15) is 18.3 Å². The lowest BCUT2D eigenvalue weighted by Crippen LogP contribution is -2.51. The van der Waals surface area contributed by atoms with Crippen LogP contribution in [-0.2, 0) is 4.79 Å². The summed E-state index contributed by atoms with van der Waals surface area (Å²) in [5.74, 6) is 1.45. The summed E-state index contributed by atoms with van der Waals surface area (Å²) in [6.45, 7) is 4.95. The molecule has 0 aliphatic carbocycles. The zero-order valence-electron chi connectivity index (χ0n) is 22.1. The molecule has 0 N–H and O–H groups in total. The number of rotatable bonds is 6. The molecule has 9 nitrogen and oxygen atoms in total. The van der Waals surface area contributed by atoms with Crippen LogP contribution in [0, 0.1) is 6.92 Å². The van der Waals surface area contributed by atoms with Crippen LogP contribution in [0.2, 0.25) is 0 Å². The number of fused-ring (bicyclic) bond motifs is 1. The van der Waals surface area contributed by atoms with E-state index in [1.54, 1.807) is 11.8 Å². The van der Waals surface area contributed by atoms with E-state index in [1.165, 1.54) is 5.56 Å². The summed E-state index contributed by atoms with van der Waals surface area (Å²) < 4.78 is 7.34. The van der Waals surface area contributed by atoms with Crippen LogP contribution < -0.4 is 14.5 Å². The summed E-state index contributed by atoms with van der Waals surface area (Å²) in [5.41, 5.74) is 5.25. The van der Waals surface area contributed by atoms with Gasteiger partial charge in [-0.3, -0.25) is 9.69 Å². The summed E-state index contributed by atoms with van der Waals surface area (Å²) >= 11 is 0. The molecule has 0 saturated carbocycles. The Kier molecular flexibility index (Phi) is 6.71. The minimum atomic E-state index is -0.178. The average molecular weight is 522 g/mol. The number of ether oxygens (including phenoxy) is 1. The summed E-state index contributed by atoms with van der Waals surface area (Å²) in [6.07, 6.45) is 2.15. The molecule has 0 unspecified atom stereocenters. The van der Waals surface area contributed by atoms with E-state index in [0.717, 1.165) is 41.4 Å². The molecule has 39 heavy (non-hydrogen) atoms. The molecule has 3 heterocycles. The minimum Gasteiger partial charge on any atom is -0.495 e. The lowest BCUT2D eigenvalue weighted by atomic mass is 10.00. The van der Waals surface area contributed by atoms with E-state index in [-0.39, 0.29) is 18.5 Å². The standard InChI is InChI=1S/C30H31N7O2/c1-22-12-14-24(15-13-22)26-20-27(23-8-4-3-5-9-23)37-30(31-32-33-37)36(26)21-29(38)35-18-16-34(17-19-35)25-10-6-7-11-28(25)39-2/h3-15,20,27H,16-19,21H2,1-2H3/t27-/m1/s1. The van der Waals surface area contributed by atoms with E-state index in [4.69, 9.17) is 4.74 Å². The molecule has 9 heteroatoms. The van der Waals surface area contributed by atoms with Crippen molar-refractivity contribution in [3.8, 4) is 5.75 Å². The first-order valence-corrected chi connectivity index (χ1v) is 13.2. The van der Waals surface area contributed by atoms with Crippen molar-refractivity contribution in [2.24, 2.45) is 0 Å². The van der Waals surface area contributed by atoms with Crippen molar-refractivity contribution in [2.45, 2.75) is 13.0 Å². The van der Waals surface area contributed by atoms with Crippen molar-refractivity contribution >= 4 is 23.2 Å². The van der Waals surface area contributed by atoms with Crippen molar-refractivity contribution in [3.63, 3.8) is 0 Å². The van der Waals surface area contributed by atoms with Crippen molar-refractivity contribution in [1.29, 1.82) is 0 Å². The van der Waals surface area contributed by atoms with Crippen LogP contribution in [0.1, 0.15) is 22.7 Å². The smallest absolute Gasteiger partial charge is 0.251 e. The van der Waals surface area contributed by atoms with Crippen LogP contribution in [0.15, 0.2) is 84.9 Å². The number of tetrazole rings is 1. The third-order valence-electron chi connectivity index (χ3n) is 7.43. The number of hydrogen-bond acceptors (Lipinski definition) is 7. The fourth-order valence-corrected chi connectivity index (χ4v) is 5.31. The lowest BCUT2D eigenvalue weighted by molar-refractivity contribution is -0.129. The van der Waals surface area contributed by atoms with Gasteiger partial charge in [-0.15, -0.1) is 0 Å². The predicted octanol–water partition coefficient (Wildman–Crippen LogP) is 3.79. The highest BCUT2D eigenvalue weighted by atomic mass is 16.5. The second kappa shape index (κ2) is 10.6. The van der Waals surface area contributed by atoms with Gasteiger partial charge in [0.15, 0.2) is 0 Å². The third-order valence-corrected chi connectivity index (χ3v) is 7.43. The van der Waals surface area contributed by atoms with Gasteiger partial charge >= 0.3 is 0 Å². The van der Waals surface area contributed by atoms with Crippen molar-refractivity contribution in [3.05, 3.63) is 102 Å². The van der Waals surface area contributed by atoms with Gasteiger partial charge in [-0.1, -0.05) is 77.4 Å². The number of aromatic nitrogens is 4. The molecule has 1 fully saturated rings. The number of carbonyl (C=O) groups excluding carboxylic acids is 1. The Morgan fingerprint density at radius 1 is 0.923 bits per heavy atom. The van der Waals surface area contributed by atoms with Gasteiger partial charge in [-0.25, -0.2) is 0 Å². The lowest BCUT2D eigenvalue weighted by Gasteiger charge is -2.38. The van der Waals surface area contributed by atoms with E-state index >= 15 is 0 Å². The number of amides is 1. The number of hydrogen-bond donors (Lipinski definition) is 0. The molecule has 1 saturated heterocycles. The van der Waals surface area contributed by atoms with Crippen LogP contribution in [0.3, 0.4) is 0 Å². The number of benzene rings is 3. The molecule has 0 radical (unpaired) electrons. The van der Waals surface area contributed by atoms with Gasteiger partial charge in [0, 0.05) is 26.2 Å². The molecule has 6 rings (SSSR count). The zero-order chi connectivity index (χ0) is 26.8. The normalized spacial score (nSPS) is 17.0. The Morgan fingerprint density at radius 2 is 1.64 bits per heavy atom. The number of anilines is 2. The average Bonchev–Trinajstić information content (AvgIpc) is 3.48. The second-order valence-electron chi connectivity index (χ2n) is 9.82. The van der Waals surface area contributed by atoms with Crippen molar-refractivity contribution in [1.82, 2.24) is 25.1 Å². The molecule has 0 bridgehead atoms. The Balaban J connectivity index is 1.26. The Hall–Kier alpha value is -4.66. The van der Waals surface area contributed by atoms with Crippen molar-refractivity contribution < 1.29 is 9.53 Å². The molecule has 3 aromatic carbocycles. The Labute approximate surface area is 227 Å². The van der Waals surface area contributed by atoms with Crippen LogP contribution in [0.25, 0.3) is 5.70 Å². The maximum absolute atomic E-state index is 13.7. The van der Waals surface area contributed by atoms with E-state index in [9.17, 15) is 4.79 Å². The van der Waals surface area contributed by atoms with Crippen LogP contribution >= 0.6 is 0 Å². The molecule has 4 aromatic rings.